The molecule has 3 rings (SSSR count). The molecule has 1 aromatic rings. The van der Waals surface area contributed by atoms with Crippen molar-refractivity contribution in [2.45, 2.75) is 49.8 Å². The van der Waals surface area contributed by atoms with Crippen LogP contribution in [0.15, 0.2) is 29.2 Å². The van der Waals surface area contributed by atoms with Gasteiger partial charge in [-0.2, -0.15) is 4.31 Å². The van der Waals surface area contributed by atoms with Crippen LogP contribution in [0.1, 0.15) is 55.3 Å². The number of nitrogens with zero attached hydrogens (tertiary/aromatic N) is 1. The van der Waals surface area contributed by atoms with E-state index in [9.17, 15) is 22.8 Å². The highest BCUT2D eigenvalue weighted by atomic mass is 32.2. The van der Waals surface area contributed by atoms with Gasteiger partial charge in [-0.25, -0.2) is 8.42 Å². The van der Waals surface area contributed by atoms with Gasteiger partial charge in [0.1, 0.15) is 0 Å². The fourth-order valence-corrected chi connectivity index (χ4v) is 5.29. The number of rotatable bonds is 6. The number of carbonyl (C=O) groups is 3. The summed E-state index contributed by atoms with van der Waals surface area (Å²) in [5.41, 5.74) is 4.72. The van der Waals surface area contributed by atoms with E-state index in [0.29, 0.717) is 13.1 Å². The molecule has 3 amide bonds. The van der Waals surface area contributed by atoms with E-state index < -0.39 is 21.8 Å². The fourth-order valence-electron chi connectivity index (χ4n) is 3.78. The van der Waals surface area contributed by atoms with Crippen LogP contribution in [-0.4, -0.2) is 50.1 Å². The van der Waals surface area contributed by atoms with Crippen molar-refractivity contribution in [3.05, 3.63) is 29.8 Å². The first-order valence-electron chi connectivity index (χ1n) is 10.3. The van der Waals surface area contributed by atoms with Gasteiger partial charge in [-0.3, -0.25) is 25.2 Å². The summed E-state index contributed by atoms with van der Waals surface area (Å²) >= 11 is 0. The zero-order valence-corrected chi connectivity index (χ0v) is 17.7. The van der Waals surface area contributed by atoms with Gasteiger partial charge in [0.2, 0.25) is 15.9 Å². The molecule has 2 aliphatic rings. The molecular formula is C20H28N4O5S. The summed E-state index contributed by atoms with van der Waals surface area (Å²) in [4.78, 5) is 36.2. The molecule has 0 unspecified atom stereocenters. The summed E-state index contributed by atoms with van der Waals surface area (Å²) < 4.78 is 26.4. The van der Waals surface area contributed by atoms with Crippen LogP contribution in [-0.2, 0) is 19.6 Å². The zero-order chi connectivity index (χ0) is 21.6. The van der Waals surface area contributed by atoms with Crippen LogP contribution in [0.25, 0.3) is 0 Å². The molecule has 0 bridgehead atoms. The summed E-state index contributed by atoms with van der Waals surface area (Å²) in [6.07, 6.45) is 6.57. The fraction of sp³-hybridized carbons (Fsp3) is 0.550. The van der Waals surface area contributed by atoms with Crippen LogP contribution in [0.3, 0.4) is 0 Å². The third-order valence-corrected chi connectivity index (χ3v) is 7.45. The Kier molecular flexibility index (Phi) is 7.43. The second-order valence-electron chi connectivity index (χ2n) is 7.69. The first kappa shape index (κ1) is 22.2. The molecule has 0 aromatic heterocycles. The second kappa shape index (κ2) is 10.0. The SMILES string of the molecule is O=C(CNC(=O)C1CCCCC1)NNC(=O)c1ccc(S(=O)(=O)N2CCCC2)cc1. The monoisotopic (exact) mass is 436 g/mol. The minimum Gasteiger partial charge on any atom is -0.347 e. The quantitative estimate of drug-likeness (QED) is 0.572. The highest BCUT2D eigenvalue weighted by molar-refractivity contribution is 7.89. The van der Waals surface area contributed by atoms with Crippen molar-refractivity contribution in [2.24, 2.45) is 5.92 Å². The van der Waals surface area contributed by atoms with E-state index in [1.54, 1.807) is 0 Å². The molecule has 0 spiro atoms. The van der Waals surface area contributed by atoms with E-state index in [1.807, 2.05) is 0 Å². The van der Waals surface area contributed by atoms with E-state index in [1.165, 1.54) is 28.6 Å². The Balaban J connectivity index is 1.45. The molecule has 1 saturated heterocycles. The number of nitrogens with one attached hydrogen (secondary N) is 3. The maximum atomic E-state index is 12.5. The number of hydrogen-bond donors (Lipinski definition) is 3. The summed E-state index contributed by atoms with van der Waals surface area (Å²) in [5.74, 6) is -1.30. The van der Waals surface area contributed by atoms with Gasteiger partial charge in [-0.1, -0.05) is 19.3 Å². The van der Waals surface area contributed by atoms with Crippen LogP contribution < -0.4 is 16.2 Å². The standard InChI is InChI=1S/C20H28N4O5S/c25-18(14-21-19(26)15-6-2-1-3-7-15)22-23-20(27)16-8-10-17(11-9-16)30(28,29)24-12-4-5-13-24/h8-11,15H,1-7,12-14H2,(H,21,26)(H,22,25)(H,23,27). The van der Waals surface area contributed by atoms with E-state index in [2.05, 4.69) is 16.2 Å². The van der Waals surface area contributed by atoms with E-state index in [0.717, 1.165) is 44.9 Å². The van der Waals surface area contributed by atoms with Gasteiger partial charge in [0, 0.05) is 24.6 Å². The molecule has 0 radical (unpaired) electrons. The van der Waals surface area contributed by atoms with Gasteiger partial charge in [0.25, 0.3) is 11.8 Å². The van der Waals surface area contributed by atoms with Crippen LogP contribution >= 0.6 is 0 Å². The van der Waals surface area contributed by atoms with Crippen molar-refractivity contribution in [3.63, 3.8) is 0 Å². The van der Waals surface area contributed by atoms with Gasteiger partial charge in [0.15, 0.2) is 0 Å². The normalized spacial score (nSPS) is 18.0. The maximum absolute atomic E-state index is 12.5. The third kappa shape index (κ3) is 5.57. The summed E-state index contributed by atoms with van der Waals surface area (Å²) in [7, 11) is -3.54. The predicted molar refractivity (Wildman–Crippen MR) is 110 cm³/mol. The van der Waals surface area contributed by atoms with Gasteiger partial charge in [-0.05, 0) is 49.9 Å². The Morgan fingerprint density at radius 1 is 0.900 bits per heavy atom. The van der Waals surface area contributed by atoms with Gasteiger partial charge >= 0.3 is 0 Å². The van der Waals surface area contributed by atoms with E-state index >= 15 is 0 Å². The Morgan fingerprint density at radius 3 is 2.17 bits per heavy atom. The molecule has 10 heteroatoms. The number of sulfonamides is 1. The molecule has 1 aliphatic heterocycles. The first-order chi connectivity index (χ1) is 14.4. The third-order valence-electron chi connectivity index (χ3n) is 5.53. The molecule has 1 heterocycles. The van der Waals surface area contributed by atoms with Gasteiger partial charge < -0.3 is 5.32 Å². The minimum atomic E-state index is -3.54. The minimum absolute atomic E-state index is 0.0449. The number of hydrazine groups is 1. The van der Waals surface area contributed by atoms with Crippen molar-refractivity contribution < 1.29 is 22.8 Å². The molecular weight excluding hydrogens is 408 g/mol. The highest BCUT2D eigenvalue weighted by Crippen LogP contribution is 2.23. The van der Waals surface area contributed by atoms with Crippen molar-refractivity contribution >= 4 is 27.7 Å². The smallest absolute Gasteiger partial charge is 0.269 e. The van der Waals surface area contributed by atoms with Gasteiger partial charge in [-0.15, -0.1) is 0 Å². The lowest BCUT2D eigenvalue weighted by atomic mass is 9.89. The molecule has 164 valence electrons. The van der Waals surface area contributed by atoms with Crippen LogP contribution in [0, 0.1) is 5.92 Å². The molecule has 1 saturated carbocycles. The Hall–Kier alpha value is -2.46. The Morgan fingerprint density at radius 2 is 1.53 bits per heavy atom. The van der Waals surface area contributed by atoms with Gasteiger partial charge in [0.05, 0.1) is 11.4 Å². The Labute approximate surface area is 176 Å². The maximum Gasteiger partial charge on any atom is 0.269 e. The zero-order valence-electron chi connectivity index (χ0n) is 16.9. The lowest BCUT2D eigenvalue weighted by molar-refractivity contribution is -0.129. The average molecular weight is 437 g/mol. The molecule has 0 atom stereocenters. The summed E-state index contributed by atoms with van der Waals surface area (Å²) in [6.45, 7) is 0.796. The number of amides is 3. The second-order valence-corrected chi connectivity index (χ2v) is 9.63. The number of carbonyl (C=O) groups excluding carboxylic acids is 3. The molecule has 1 aliphatic carbocycles. The lowest BCUT2D eigenvalue weighted by Crippen LogP contribution is -2.47. The topological polar surface area (TPSA) is 125 Å². The van der Waals surface area contributed by atoms with Crippen molar-refractivity contribution in [2.75, 3.05) is 19.6 Å². The molecule has 1 aromatic carbocycles. The van der Waals surface area contributed by atoms with Crippen LogP contribution in [0.5, 0.6) is 0 Å². The van der Waals surface area contributed by atoms with Crippen LogP contribution in [0.2, 0.25) is 0 Å². The van der Waals surface area contributed by atoms with Crippen molar-refractivity contribution in [1.29, 1.82) is 0 Å². The first-order valence-corrected chi connectivity index (χ1v) is 11.8. The highest BCUT2D eigenvalue weighted by Gasteiger charge is 2.27. The molecule has 9 nitrogen and oxygen atoms in total. The number of hydrogen-bond acceptors (Lipinski definition) is 5. The van der Waals surface area contributed by atoms with E-state index in [4.69, 9.17) is 0 Å². The Bertz CT molecular complexity index is 873. The average Bonchev–Trinajstić information content (AvgIpc) is 3.32. The van der Waals surface area contributed by atoms with Crippen molar-refractivity contribution in [3.8, 4) is 0 Å². The largest absolute Gasteiger partial charge is 0.347 e. The summed E-state index contributed by atoms with van der Waals surface area (Å²) in [6, 6.07) is 5.56. The summed E-state index contributed by atoms with van der Waals surface area (Å²) in [5, 5.41) is 2.59. The predicted octanol–water partition coefficient (Wildman–Crippen LogP) is 0.929. The molecule has 30 heavy (non-hydrogen) atoms. The van der Waals surface area contributed by atoms with Crippen LogP contribution in [0.4, 0.5) is 0 Å². The van der Waals surface area contributed by atoms with E-state index in [-0.39, 0.29) is 28.8 Å². The number of benzene rings is 1. The molecule has 3 N–H and O–H groups in total. The molecule has 2 fully saturated rings. The van der Waals surface area contributed by atoms with Crippen molar-refractivity contribution in [1.82, 2.24) is 20.5 Å². The lowest BCUT2D eigenvalue weighted by Gasteiger charge is -2.20.